The number of hydrogen-bond acceptors (Lipinski definition) is 4. The summed E-state index contributed by atoms with van der Waals surface area (Å²) >= 11 is 0. The quantitative estimate of drug-likeness (QED) is 0.181. The number of halogens is 1. The van der Waals surface area contributed by atoms with Crippen molar-refractivity contribution in [2.45, 2.75) is 98.3 Å². The van der Waals surface area contributed by atoms with E-state index in [1.165, 1.54) is 29.7 Å². The summed E-state index contributed by atoms with van der Waals surface area (Å²) in [6, 6.07) is 16.3. The van der Waals surface area contributed by atoms with Crippen LogP contribution < -0.4 is 5.32 Å². The molecule has 0 spiro atoms. The lowest BCUT2D eigenvalue weighted by atomic mass is 9.91. The molecule has 1 heterocycles. The van der Waals surface area contributed by atoms with E-state index in [2.05, 4.69) is 94.9 Å². The van der Waals surface area contributed by atoms with Gasteiger partial charge < -0.3 is 15.1 Å². The van der Waals surface area contributed by atoms with E-state index >= 15 is 0 Å². The molecule has 1 saturated heterocycles. The van der Waals surface area contributed by atoms with Crippen LogP contribution in [0.1, 0.15) is 90.7 Å². The van der Waals surface area contributed by atoms with Crippen LogP contribution in [0.3, 0.4) is 0 Å². The van der Waals surface area contributed by atoms with Gasteiger partial charge in [-0.25, -0.2) is 19.2 Å². The molecule has 3 rings (SSSR count). The number of unbranched alkanes of at least 4 members (excludes halogenated alkanes) is 1. The van der Waals surface area contributed by atoms with Crippen LogP contribution in [-0.2, 0) is 11.3 Å². The first-order chi connectivity index (χ1) is 23.5. The van der Waals surface area contributed by atoms with Gasteiger partial charge in [0.15, 0.2) is 0 Å². The maximum Gasteiger partial charge on any atom is 0.334 e. The molecule has 0 saturated carbocycles. The Morgan fingerprint density at radius 3 is 2.37 bits per heavy atom. The molecule has 1 fully saturated rings. The van der Waals surface area contributed by atoms with Crippen molar-refractivity contribution in [2.24, 2.45) is 5.92 Å². The Balaban J connectivity index is 0.00000127. The Labute approximate surface area is 296 Å². The van der Waals surface area contributed by atoms with Crippen LogP contribution in [0.15, 0.2) is 91.1 Å². The maximum absolute atomic E-state index is 13.8. The zero-order valence-corrected chi connectivity index (χ0v) is 31.4. The van der Waals surface area contributed by atoms with E-state index in [-0.39, 0.29) is 42.8 Å². The van der Waals surface area contributed by atoms with Gasteiger partial charge in [-0.1, -0.05) is 105 Å². The second-order valence-electron chi connectivity index (χ2n) is 13.4. The van der Waals surface area contributed by atoms with Crippen molar-refractivity contribution >= 4 is 11.9 Å². The van der Waals surface area contributed by atoms with Gasteiger partial charge in [-0.05, 0) is 76.8 Å². The SMILES string of the molecule is C/C=C(\C)C(CN(C)CC1N([C@H](C)CC(C)CCCC)C(=O)CN(C)N1C(=O)NCc1ccc(F)cc1)c1ccccc1.C=CCC=CC. The summed E-state index contributed by atoms with van der Waals surface area (Å²) in [6.45, 7) is 18.0. The van der Waals surface area contributed by atoms with Gasteiger partial charge in [-0.3, -0.25) is 4.79 Å². The van der Waals surface area contributed by atoms with Crippen LogP contribution in [0.25, 0.3) is 0 Å². The minimum atomic E-state index is -0.486. The van der Waals surface area contributed by atoms with E-state index in [1.807, 2.05) is 30.0 Å². The predicted molar refractivity (Wildman–Crippen MR) is 202 cm³/mol. The first-order valence-corrected chi connectivity index (χ1v) is 17.9. The predicted octanol–water partition coefficient (Wildman–Crippen LogP) is 8.78. The first kappa shape index (κ1) is 41.4. The van der Waals surface area contributed by atoms with Crippen LogP contribution in [0.4, 0.5) is 9.18 Å². The third-order valence-electron chi connectivity index (χ3n) is 9.17. The van der Waals surface area contributed by atoms with Crippen molar-refractivity contribution in [2.75, 3.05) is 33.7 Å². The highest BCUT2D eigenvalue weighted by Gasteiger charge is 2.43. The third-order valence-corrected chi connectivity index (χ3v) is 9.17. The lowest BCUT2D eigenvalue weighted by Crippen LogP contribution is -2.71. The summed E-state index contributed by atoms with van der Waals surface area (Å²) in [6.07, 6.45) is 12.9. The van der Waals surface area contributed by atoms with Crippen LogP contribution >= 0.6 is 0 Å². The number of likely N-dealkylation sites (N-methyl/N-ethyl adjacent to an activating group) is 2. The lowest BCUT2D eigenvalue weighted by molar-refractivity contribution is -0.170. The van der Waals surface area contributed by atoms with Gasteiger partial charge in [0.2, 0.25) is 5.91 Å². The van der Waals surface area contributed by atoms with Crippen molar-refractivity contribution in [3.8, 4) is 0 Å². The molecule has 2 aromatic carbocycles. The molecule has 0 radical (unpaired) electrons. The molecule has 0 bridgehead atoms. The molecule has 1 N–H and O–H groups in total. The standard InChI is InChI=1S/C35H52FN5O2.C6H10/c1-8-10-14-26(3)21-28(5)40-33(24-38(6)23-32(27(4)9-2)30-15-12-11-13-16-30)41(39(7)25-34(40)42)35(43)37-22-29-17-19-31(36)20-18-29;1-3-5-6-4-2/h9,11-13,15-20,26,28,32-33H,8,10,14,21-25H2,1-7H3,(H,37,43);3-4,6H,1,5H2,2H3/b27-9+;/t26?,28-,32?,33?;/m1./s1. The second-order valence-corrected chi connectivity index (χ2v) is 13.4. The molecule has 0 aliphatic carbocycles. The Morgan fingerprint density at radius 1 is 1.12 bits per heavy atom. The van der Waals surface area contributed by atoms with Crippen molar-refractivity contribution < 1.29 is 14.0 Å². The topological polar surface area (TPSA) is 59.1 Å². The molecule has 1 aliphatic heterocycles. The molecule has 7 nitrogen and oxygen atoms in total. The summed E-state index contributed by atoms with van der Waals surface area (Å²) in [5.74, 6) is 0.380. The van der Waals surface area contributed by atoms with E-state index < -0.39 is 6.17 Å². The van der Waals surface area contributed by atoms with Gasteiger partial charge in [-0.2, -0.15) is 0 Å². The van der Waals surface area contributed by atoms with Crippen LogP contribution in [-0.4, -0.2) is 77.7 Å². The molecule has 270 valence electrons. The van der Waals surface area contributed by atoms with E-state index in [1.54, 1.807) is 29.2 Å². The van der Waals surface area contributed by atoms with Crippen LogP contribution in [0.2, 0.25) is 0 Å². The molecule has 3 amide bonds. The zero-order valence-electron chi connectivity index (χ0n) is 31.4. The summed E-state index contributed by atoms with van der Waals surface area (Å²) < 4.78 is 13.4. The highest BCUT2D eigenvalue weighted by Crippen LogP contribution is 2.28. The number of carbonyl (C=O) groups is 2. The number of amides is 3. The monoisotopic (exact) mass is 675 g/mol. The van der Waals surface area contributed by atoms with Crippen molar-refractivity contribution in [3.05, 3.63) is 108 Å². The number of rotatable bonds is 16. The summed E-state index contributed by atoms with van der Waals surface area (Å²) in [7, 11) is 3.87. The van der Waals surface area contributed by atoms with E-state index in [9.17, 15) is 14.0 Å². The molecular formula is C41H62FN5O2. The fourth-order valence-electron chi connectivity index (χ4n) is 6.38. The van der Waals surface area contributed by atoms with Gasteiger partial charge in [0.05, 0.1) is 6.54 Å². The highest BCUT2D eigenvalue weighted by molar-refractivity contribution is 5.82. The number of hydrogen-bond donors (Lipinski definition) is 1. The average Bonchev–Trinajstić information content (AvgIpc) is 3.08. The number of nitrogens with one attached hydrogen (secondary N) is 1. The van der Waals surface area contributed by atoms with Gasteiger partial charge in [0.1, 0.15) is 12.0 Å². The maximum atomic E-state index is 13.8. The van der Waals surface area contributed by atoms with Crippen molar-refractivity contribution in [1.29, 1.82) is 0 Å². The van der Waals surface area contributed by atoms with Gasteiger partial charge in [0.25, 0.3) is 0 Å². The molecule has 3 unspecified atom stereocenters. The van der Waals surface area contributed by atoms with E-state index in [0.29, 0.717) is 12.5 Å². The van der Waals surface area contributed by atoms with Crippen molar-refractivity contribution in [1.82, 2.24) is 25.1 Å². The van der Waals surface area contributed by atoms with Gasteiger partial charge >= 0.3 is 6.03 Å². The summed E-state index contributed by atoms with van der Waals surface area (Å²) in [5.41, 5.74) is 3.33. The smallest absolute Gasteiger partial charge is 0.333 e. The zero-order chi connectivity index (χ0) is 36.3. The molecular weight excluding hydrogens is 613 g/mol. The molecule has 0 aromatic heterocycles. The number of carbonyl (C=O) groups excluding carboxylic acids is 2. The Hall–Kier alpha value is -3.75. The Kier molecular flexibility index (Phi) is 18.7. The molecule has 2 aromatic rings. The van der Waals surface area contributed by atoms with Gasteiger partial charge in [-0.15, -0.1) is 6.58 Å². The Morgan fingerprint density at radius 2 is 1.80 bits per heavy atom. The lowest BCUT2D eigenvalue weighted by Gasteiger charge is -2.51. The second kappa shape index (κ2) is 22.1. The van der Waals surface area contributed by atoms with E-state index in [0.717, 1.165) is 37.8 Å². The van der Waals surface area contributed by atoms with Crippen LogP contribution in [0, 0.1) is 11.7 Å². The summed E-state index contributed by atoms with van der Waals surface area (Å²) in [5, 5.41) is 6.45. The minimum absolute atomic E-state index is 0.0268. The fourth-order valence-corrected chi connectivity index (χ4v) is 6.38. The third kappa shape index (κ3) is 13.6. The molecule has 1 aliphatic rings. The Bertz CT molecular complexity index is 1330. The number of benzene rings is 2. The number of allylic oxidation sites excluding steroid dienone is 4. The number of urea groups is 1. The van der Waals surface area contributed by atoms with Crippen LogP contribution in [0.5, 0.6) is 0 Å². The molecule has 49 heavy (non-hydrogen) atoms. The average molecular weight is 676 g/mol. The van der Waals surface area contributed by atoms with E-state index in [4.69, 9.17) is 0 Å². The molecule has 4 atom stereocenters. The number of nitrogens with zero attached hydrogens (tertiary/aromatic N) is 4. The highest BCUT2D eigenvalue weighted by atomic mass is 19.1. The van der Waals surface area contributed by atoms with Gasteiger partial charge in [0, 0.05) is 38.6 Å². The largest absolute Gasteiger partial charge is 0.334 e. The molecule has 8 heteroatoms. The summed E-state index contributed by atoms with van der Waals surface area (Å²) in [4.78, 5) is 31.7. The normalized spacial score (nSPS) is 17.5. The number of hydrazine groups is 1. The first-order valence-electron chi connectivity index (χ1n) is 17.9. The minimum Gasteiger partial charge on any atom is -0.333 e. The van der Waals surface area contributed by atoms with Crippen molar-refractivity contribution in [3.63, 3.8) is 0 Å². The fraction of sp³-hybridized carbons (Fsp3) is 0.512.